The second kappa shape index (κ2) is 8.79. The monoisotopic (exact) mass is 427 g/mol. The van der Waals surface area contributed by atoms with E-state index in [0.717, 1.165) is 22.6 Å². The average Bonchev–Trinajstić information content (AvgIpc) is 2.90. The van der Waals surface area contributed by atoms with Gasteiger partial charge in [0.1, 0.15) is 0 Å². The Morgan fingerprint density at radius 1 is 0.545 bits per heavy atom. The maximum Gasteiger partial charge on any atom is 0.0893 e. The predicted octanol–water partition coefficient (Wildman–Crippen LogP) is 7.20. The van der Waals surface area contributed by atoms with Gasteiger partial charge in [0, 0.05) is 29.6 Å². The third kappa shape index (κ3) is 4.31. The van der Waals surface area contributed by atoms with Crippen molar-refractivity contribution in [2.45, 2.75) is 19.3 Å². The molecule has 2 aromatic carbocycles. The van der Waals surface area contributed by atoms with Gasteiger partial charge in [-0.15, -0.1) is 0 Å². The van der Waals surface area contributed by atoms with E-state index in [2.05, 4.69) is 78.4 Å². The highest BCUT2D eigenvalue weighted by atomic mass is 14.8. The maximum absolute atomic E-state index is 4.88. The van der Waals surface area contributed by atoms with Crippen molar-refractivity contribution >= 4 is 0 Å². The molecule has 33 heavy (non-hydrogen) atoms. The van der Waals surface area contributed by atoms with Crippen LogP contribution in [0.15, 0.2) is 116 Å². The fourth-order valence-electron chi connectivity index (χ4n) is 4.10. The van der Waals surface area contributed by atoms with E-state index < -0.39 is 0 Å². The largest absolute Gasteiger partial charge is 0.264 e. The molecule has 0 amide bonds. The number of nitrogens with zero attached hydrogens (tertiary/aromatic N) is 3. The summed E-state index contributed by atoms with van der Waals surface area (Å²) in [5.41, 5.74) is 8.45. The number of benzene rings is 2. The Kier molecular flexibility index (Phi) is 5.54. The molecule has 0 bridgehead atoms. The Morgan fingerprint density at radius 2 is 1.24 bits per heavy atom. The lowest BCUT2D eigenvalue weighted by molar-refractivity contribution is 0.638. The topological polar surface area (TPSA) is 38.7 Å². The minimum absolute atomic E-state index is 0.138. The van der Waals surface area contributed by atoms with E-state index in [1.165, 1.54) is 22.3 Å². The first-order valence-corrected chi connectivity index (χ1v) is 11.1. The van der Waals surface area contributed by atoms with Crippen LogP contribution in [0.25, 0.3) is 33.8 Å². The van der Waals surface area contributed by atoms with E-state index in [0.29, 0.717) is 0 Å². The van der Waals surface area contributed by atoms with Gasteiger partial charge in [0.2, 0.25) is 0 Å². The molecule has 5 rings (SSSR count). The predicted molar refractivity (Wildman–Crippen MR) is 135 cm³/mol. The van der Waals surface area contributed by atoms with Gasteiger partial charge in [-0.3, -0.25) is 9.97 Å². The minimum Gasteiger partial charge on any atom is -0.264 e. The summed E-state index contributed by atoms with van der Waals surface area (Å²) in [5, 5.41) is 0. The molecule has 0 atom stereocenters. The molecule has 0 aliphatic rings. The molecule has 3 heterocycles. The van der Waals surface area contributed by atoms with Gasteiger partial charge < -0.3 is 0 Å². The summed E-state index contributed by atoms with van der Waals surface area (Å²) in [5.74, 6) is 0. The highest BCUT2D eigenvalue weighted by molar-refractivity contribution is 5.73. The zero-order chi connectivity index (χ0) is 22.7. The molecule has 160 valence electrons. The summed E-state index contributed by atoms with van der Waals surface area (Å²) in [6, 6.07) is 33.5. The molecule has 0 radical (unpaired) electrons. The van der Waals surface area contributed by atoms with Crippen LogP contribution in [0.1, 0.15) is 25.0 Å². The highest BCUT2D eigenvalue weighted by Crippen LogP contribution is 2.34. The maximum atomic E-state index is 4.88. The molecule has 0 aliphatic heterocycles. The van der Waals surface area contributed by atoms with Crippen LogP contribution in [0.2, 0.25) is 0 Å². The standard InChI is InChI=1S/C30H25N3/c1-30(2,26-13-8-17-31-21-26)25-12-6-10-23(20-25)22-9-5-11-24(19-22)27-15-7-16-29(33-27)28-14-3-4-18-32-28/h3-21H,1-2H3. The van der Waals surface area contributed by atoms with Crippen LogP contribution in [-0.2, 0) is 5.41 Å². The van der Waals surface area contributed by atoms with Gasteiger partial charge in [0.15, 0.2) is 0 Å². The van der Waals surface area contributed by atoms with E-state index in [-0.39, 0.29) is 5.41 Å². The van der Waals surface area contributed by atoms with Gasteiger partial charge >= 0.3 is 0 Å². The Bertz CT molecular complexity index is 1380. The fraction of sp³-hybridized carbons (Fsp3) is 0.100. The zero-order valence-corrected chi connectivity index (χ0v) is 18.8. The smallest absolute Gasteiger partial charge is 0.0893 e. The van der Waals surface area contributed by atoms with Crippen LogP contribution >= 0.6 is 0 Å². The lowest BCUT2D eigenvalue weighted by atomic mass is 9.78. The number of hydrogen-bond acceptors (Lipinski definition) is 3. The number of pyridine rings is 3. The molecule has 0 unspecified atom stereocenters. The average molecular weight is 428 g/mol. The van der Waals surface area contributed by atoms with Crippen LogP contribution in [0.5, 0.6) is 0 Å². The number of hydrogen-bond donors (Lipinski definition) is 0. The quantitative estimate of drug-likeness (QED) is 0.298. The second-order valence-electron chi connectivity index (χ2n) is 8.65. The Labute approximate surface area is 194 Å². The summed E-state index contributed by atoms with van der Waals surface area (Å²) >= 11 is 0. The van der Waals surface area contributed by atoms with Gasteiger partial charge in [0.25, 0.3) is 0 Å². The summed E-state index contributed by atoms with van der Waals surface area (Å²) in [6.45, 7) is 4.49. The zero-order valence-electron chi connectivity index (χ0n) is 18.8. The number of rotatable bonds is 5. The van der Waals surface area contributed by atoms with E-state index in [1.807, 2.05) is 54.9 Å². The second-order valence-corrected chi connectivity index (χ2v) is 8.65. The molecule has 5 aromatic rings. The molecule has 0 aliphatic carbocycles. The van der Waals surface area contributed by atoms with E-state index in [4.69, 9.17) is 4.98 Å². The van der Waals surface area contributed by atoms with Crippen molar-refractivity contribution in [3.8, 4) is 33.8 Å². The molecule has 0 spiro atoms. The molecule has 0 fully saturated rings. The van der Waals surface area contributed by atoms with Crippen LogP contribution in [0.4, 0.5) is 0 Å². The Hall–Kier alpha value is -4.11. The van der Waals surface area contributed by atoms with Crippen LogP contribution in [-0.4, -0.2) is 15.0 Å². The number of aromatic nitrogens is 3. The third-order valence-corrected chi connectivity index (χ3v) is 6.14. The van der Waals surface area contributed by atoms with Crippen molar-refractivity contribution in [3.05, 3.63) is 127 Å². The van der Waals surface area contributed by atoms with Gasteiger partial charge in [-0.05, 0) is 58.7 Å². The first-order chi connectivity index (χ1) is 16.1. The molecule has 0 N–H and O–H groups in total. The van der Waals surface area contributed by atoms with Crippen molar-refractivity contribution in [1.29, 1.82) is 0 Å². The third-order valence-electron chi connectivity index (χ3n) is 6.14. The van der Waals surface area contributed by atoms with Crippen molar-refractivity contribution in [3.63, 3.8) is 0 Å². The molecule has 3 aromatic heterocycles. The Morgan fingerprint density at radius 3 is 2.03 bits per heavy atom. The molecule has 0 saturated heterocycles. The SMILES string of the molecule is CC(C)(c1cccnc1)c1cccc(-c2cccc(-c3cccc(-c4ccccn4)n3)c2)c1. The lowest BCUT2D eigenvalue weighted by Crippen LogP contribution is -2.19. The molecular formula is C30H25N3. The summed E-state index contributed by atoms with van der Waals surface area (Å²) < 4.78 is 0. The Balaban J connectivity index is 1.50. The first-order valence-electron chi connectivity index (χ1n) is 11.1. The van der Waals surface area contributed by atoms with Crippen molar-refractivity contribution < 1.29 is 0 Å². The summed E-state index contributed by atoms with van der Waals surface area (Å²) in [4.78, 5) is 13.6. The normalized spacial score (nSPS) is 11.3. The van der Waals surface area contributed by atoms with Crippen molar-refractivity contribution in [2.75, 3.05) is 0 Å². The summed E-state index contributed by atoms with van der Waals surface area (Å²) in [6.07, 6.45) is 5.57. The fourth-order valence-corrected chi connectivity index (χ4v) is 4.10. The summed E-state index contributed by atoms with van der Waals surface area (Å²) in [7, 11) is 0. The van der Waals surface area contributed by atoms with Gasteiger partial charge in [-0.2, -0.15) is 0 Å². The van der Waals surface area contributed by atoms with Crippen LogP contribution < -0.4 is 0 Å². The van der Waals surface area contributed by atoms with E-state index in [9.17, 15) is 0 Å². The molecular weight excluding hydrogens is 402 g/mol. The van der Waals surface area contributed by atoms with Crippen molar-refractivity contribution in [1.82, 2.24) is 15.0 Å². The van der Waals surface area contributed by atoms with Crippen molar-refractivity contribution in [2.24, 2.45) is 0 Å². The van der Waals surface area contributed by atoms with E-state index >= 15 is 0 Å². The molecule has 0 saturated carbocycles. The molecule has 3 heteroatoms. The lowest BCUT2D eigenvalue weighted by Gasteiger charge is -2.26. The van der Waals surface area contributed by atoms with Gasteiger partial charge in [-0.1, -0.05) is 74.5 Å². The van der Waals surface area contributed by atoms with E-state index in [1.54, 1.807) is 6.20 Å². The van der Waals surface area contributed by atoms with Gasteiger partial charge in [-0.25, -0.2) is 4.98 Å². The van der Waals surface area contributed by atoms with Crippen LogP contribution in [0.3, 0.4) is 0 Å². The highest BCUT2D eigenvalue weighted by Gasteiger charge is 2.23. The molecule has 3 nitrogen and oxygen atoms in total. The first kappa shape index (κ1) is 20.8. The minimum atomic E-state index is -0.138. The van der Waals surface area contributed by atoms with Crippen LogP contribution in [0, 0.1) is 0 Å². The van der Waals surface area contributed by atoms with Gasteiger partial charge in [0.05, 0.1) is 17.1 Å².